The van der Waals surface area contributed by atoms with Gasteiger partial charge in [-0.3, -0.25) is 4.79 Å². The van der Waals surface area contributed by atoms with Gasteiger partial charge in [0.1, 0.15) is 0 Å². The molecule has 0 fully saturated rings. The average molecular weight is 352 g/mol. The highest BCUT2D eigenvalue weighted by Crippen LogP contribution is 2.21. The van der Waals surface area contributed by atoms with Gasteiger partial charge in [-0.1, -0.05) is 34.1 Å². The van der Waals surface area contributed by atoms with Gasteiger partial charge in [0.05, 0.1) is 7.11 Å². The summed E-state index contributed by atoms with van der Waals surface area (Å²) < 4.78 is 19.4. The lowest BCUT2D eigenvalue weighted by Crippen LogP contribution is -2.26. The first-order valence-electron chi connectivity index (χ1n) is 6.35. The largest absolute Gasteiger partial charge is 0.494 e. The Kier molecular flexibility index (Phi) is 4.96. The van der Waals surface area contributed by atoms with Crippen molar-refractivity contribution in [1.82, 2.24) is 4.90 Å². The van der Waals surface area contributed by atoms with E-state index >= 15 is 0 Å². The Balaban J connectivity index is 2.16. The second kappa shape index (κ2) is 6.72. The van der Waals surface area contributed by atoms with E-state index in [1.54, 1.807) is 18.0 Å². The number of carbonyl (C=O) groups is 1. The second-order valence-electron chi connectivity index (χ2n) is 4.60. The average Bonchev–Trinajstić information content (AvgIpc) is 2.48. The molecular weight excluding hydrogens is 337 g/mol. The van der Waals surface area contributed by atoms with Gasteiger partial charge < -0.3 is 9.64 Å². The summed E-state index contributed by atoms with van der Waals surface area (Å²) in [7, 11) is 3.07. The van der Waals surface area contributed by atoms with Crippen molar-refractivity contribution in [2.75, 3.05) is 14.2 Å². The van der Waals surface area contributed by atoms with Gasteiger partial charge >= 0.3 is 0 Å². The van der Waals surface area contributed by atoms with Gasteiger partial charge in [-0.2, -0.15) is 0 Å². The molecule has 2 rings (SSSR count). The summed E-state index contributed by atoms with van der Waals surface area (Å²) in [6.45, 7) is 0.438. The molecule has 2 aromatic rings. The van der Waals surface area contributed by atoms with Crippen molar-refractivity contribution in [2.24, 2.45) is 0 Å². The number of methoxy groups -OCH3 is 1. The zero-order valence-electron chi connectivity index (χ0n) is 11.8. The maximum atomic E-state index is 13.7. The van der Waals surface area contributed by atoms with E-state index in [0.717, 1.165) is 10.0 Å². The van der Waals surface area contributed by atoms with Crippen LogP contribution in [0.1, 0.15) is 15.9 Å². The molecule has 0 aliphatic heterocycles. The minimum Gasteiger partial charge on any atom is -0.494 e. The predicted octanol–water partition coefficient (Wildman–Crippen LogP) is 3.87. The van der Waals surface area contributed by atoms with Crippen molar-refractivity contribution < 1.29 is 13.9 Å². The molecule has 1 amide bonds. The molecule has 0 heterocycles. The molecule has 0 saturated carbocycles. The molecule has 0 radical (unpaired) electrons. The third kappa shape index (κ3) is 3.61. The predicted molar refractivity (Wildman–Crippen MR) is 82.9 cm³/mol. The first-order valence-corrected chi connectivity index (χ1v) is 7.14. The van der Waals surface area contributed by atoms with Crippen molar-refractivity contribution in [3.05, 3.63) is 63.9 Å². The van der Waals surface area contributed by atoms with E-state index < -0.39 is 5.82 Å². The standard InChI is InChI=1S/C16H15BrFNO2/c1-19(10-12-5-3-4-6-13(12)17)16(20)11-7-8-15(21-2)14(18)9-11/h3-9H,10H2,1-2H3. The van der Waals surface area contributed by atoms with Gasteiger partial charge in [-0.25, -0.2) is 4.39 Å². The van der Waals surface area contributed by atoms with E-state index in [2.05, 4.69) is 15.9 Å². The zero-order valence-corrected chi connectivity index (χ0v) is 13.4. The Bertz CT molecular complexity index is 660. The monoisotopic (exact) mass is 351 g/mol. The number of nitrogens with zero attached hydrogens (tertiary/aromatic N) is 1. The number of amides is 1. The van der Waals surface area contributed by atoms with Gasteiger partial charge in [0.2, 0.25) is 0 Å². The molecule has 0 aromatic heterocycles. The van der Waals surface area contributed by atoms with E-state index in [9.17, 15) is 9.18 Å². The summed E-state index contributed by atoms with van der Waals surface area (Å²) in [6.07, 6.45) is 0. The van der Waals surface area contributed by atoms with Crippen molar-refractivity contribution in [2.45, 2.75) is 6.54 Å². The van der Waals surface area contributed by atoms with Crippen LogP contribution in [0.15, 0.2) is 46.9 Å². The fourth-order valence-electron chi connectivity index (χ4n) is 1.97. The molecule has 0 aliphatic rings. The fraction of sp³-hybridized carbons (Fsp3) is 0.188. The van der Waals surface area contributed by atoms with Crippen molar-refractivity contribution >= 4 is 21.8 Å². The topological polar surface area (TPSA) is 29.5 Å². The van der Waals surface area contributed by atoms with E-state index in [1.807, 2.05) is 24.3 Å². The number of rotatable bonds is 4. The number of hydrogen-bond acceptors (Lipinski definition) is 2. The third-order valence-corrected chi connectivity index (χ3v) is 3.88. The van der Waals surface area contributed by atoms with Crippen molar-refractivity contribution in [1.29, 1.82) is 0 Å². The number of halogens is 2. The first kappa shape index (κ1) is 15.5. The molecule has 110 valence electrons. The molecule has 21 heavy (non-hydrogen) atoms. The van der Waals surface area contributed by atoms with Crippen LogP contribution in [-0.4, -0.2) is 25.0 Å². The number of ether oxygens (including phenoxy) is 1. The van der Waals surface area contributed by atoms with E-state index in [0.29, 0.717) is 12.1 Å². The summed E-state index contributed by atoms with van der Waals surface area (Å²) in [5.41, 5.74) is 1.28. The van der Waals surface area contributed by atoms with E-state index in [4.69, 9.17) is 4.74 Å². The summed E-state index contributed by atoms with van der Waals surface area (Å²) in [5, 5.41) is 0. The van der Waals surface area contributed by atoms with Crippen LogP contribution in [0.3, 0.4) is 0 Å². The lowest BCUT2D eigenvalue weighted by atomic mass is 10.1. The van der Waals surface area contributed by atoms with Crippen LogP contribution in [-0.2, 0) is 6.54 Å². The van der Waals surface area contributed by atoms with Gasteiger partial charge in [0, 0.05) is 23.6 Å². The van der Waals surface area contributed by atoms with Crippen LogP contribution < -0.4 is 4.74 Å². The summed E-state index contributed by atoms with van der Waals surface area (Å²) in [6, 6.07) is 11.9. The molecule has 5 heteroatoms. The maximum absolute atomic E-state index is 13.7. The van der Waals surface area contributed by atoms with Gasteiger partial charge in [-0.05, 0) is 29.8 Å². The fourth-order valence-corrected chi connectivity index (χ4v) is 2.38. The molecule has 0 N–H and O–H groups in total. The Morgan fingerprint density at radius 1 is 1.29 bits per heavy atom. The number of benzene rings is 2. The lowest BCUT2D eigenvalue weighted by molar-refractivity contribution is 0.0784. The first-order chi connectivity index (χ1) is 10.0. The molecule has 0 atom stereocenters. The van der Waals surface area contributed by atoms with Gasteiger partial charge in [0.25, 0.3) is 5.91 Å². The molecule has 0 unspecified atom stereocenters. The second-order valence-corrected chi connectivity index (χ2v) is 5.46. The molecule has 3 nitrogen and oxygen atoms in total. The number of carbonyl (C=O) groups excluding carboxylic acids is 1. The van der Waals surface area contributed by atoms with Crippen LogP contribution in [0.5, 0.6) is 5.75 Å². The summed E-state index contributed by atoms with van der Waals surface area (Å²) >= 11 is 3.45. The Labute approximate surface area is 131 Å². The quantitative estimate of drug-likeness (QED) is 0.836. The van der Waals surface area contributed by atoms with Crippen LogP contribution in [0, 0.1) is 5.82 Å². The Morgan fingerprint density at radius 3 is 2.62 bits per heavy atom. The van der Waals surface area contributed by atoms with Crippen LogP contribution in [0.25, 0.3) is 0 Å². The van der Waals surface area contributed by atoms with E-state index in [1.165, 1.54) is 19.2 Å². The molecule has 0 saturated heterocycles. The molecular formula is C16H15BrFNO2. The Hall–Kier alpha value is -1.88. The lowest BCUT2D eigenvalue weighted by Gasteiger charge is -2.18. The van der Waals surface area contributed by atoms with Crippen molar-refractivity contribution in [3.8, 4) is 5.75 Å². The third-order valence-electron chi connectivity index (χ3n) is 3.11. The molecule has 0 aliphatic carbocycles. The normalized spacial score (nSPS) is 10.3. The van der Waals surface area contributed by atoms with E-state index in [-0.39, 0.29) is 11.7 Å². The highest BCUT2D eigenvalue weighted by atomic mass is 79.9. The minimum atomic E-state index is -0.544. The smallest absolute Gasteiger partial charge is 0.254 e. The Morgan fingerprint density at radius 2 is 2.00 bits per heavy atom. The summed E-state index contributed by atoms with van der Waals surface area (Å²) in [4.78, 5) is 13.9. The maximum Gasteiger partial charge on any atom is 0.254 e. The minimum absolute atomic E-state index is 0.125. The van der Waals surface area contributed by atoms with Gasteiger partial charge in [0.15, 0.2) is 11.6 Å². The van der Waals surface area contributed by atoms with Crippen LogP contribution in [0.2, 0.25) is 0 Å². The van der Waals surface area contributed by atoms with Crippen LogP contribution in [0.4, 0.5) is 4.39 Å². The van der Waals surface area contributed by atoms with Crippen LogP contribution >= 0.6 is 15.9 Å². The summed E-state index contributed by atoms with van der Waals surface area (Å²) in [5.74, 6) is -0.662. The highest BCUT2D eigenvalue weighted by Gasteiger charge is 2.15. The molecule has 0 bridgehead atoms. The highest BCUT2D eigenvalue weighted by molar-refractivity contribution is 9.10. The SMILES string of the molecule is COc1ccc(C(=O)N(C)Cc2ccccc2Br)cc1F. The van der Waals surface area contributed by atoms with Crippen molar-refractivity contribution in [3.63, 3.8) is 0 Å². The molecule has 0 spiro atoms. The molecule has 2 aromatic carbocycles. The van der Waals surface area contributed by atoms with Gasteiger partial charge in [-0.15, -0.1) is 0 Å². The number of hydrogen-bond donors (Lipinski definition) is 0. The zero-order chi connectivity index (χ0) is 15.4.